The first-order valence-electron chi connectivity index (χ1n) is 11.1. The number of hydrogen-bond donors (Lipinski definition) is 2. The number of nitrogens with one attached hydrogen (secondary N) is 2. The summed E-state index contributed by atoms with van der Waals surface area (Å²) in [5.74, 6) is 0.0373. The first-order valence-corrected chi connectivity index (χ1v) is 12.1. The van der Waals surface area contributed by atoms with Gasteiger partial charge < -0.3 is 19.9 Å². The van der Waals surface area contributed by atoms with Crippen LogP contribution in [0.25, 0.3) is 10.9 Å². The van der Waals surface area contributed by atoms with Crippen LogP contribution >= 0.6 is 11.8 Å². The van der Waals surface area contributed by atoms with Crippen molar-refractivity contribution >= 4 is 39.9 Å². The molecule has 0 spiro atoms. The highest BCUT2D eigenvalue weighted by atomic mass is 32.2. The van der Waals surface area contributed by atoms with Gasteiger partial charge in [0.2, 0.25) is 5.91 Å². The van der Waals surface area contributed by atoms with Gasteiger partial charge in [0, 0.05) is 25.5 Å². The number of thioether (sulfide) groups is 1. The zero-order chi connectivity index (χ0) is 23.2. The highest BCUT2D eigenvalue weighted by molar-refractivity contribution is 7.99. The number of fused-ring (bicyclic) bond motifs is 1. The Balaban J connectivity index is 1.48. The van der Waals surface area contributed by atoms with E-state index >= 15 is 0 Å². The summed E-state index contributed by atoms with van der Waals surface area (Å²) < 4.78 is 7.15. The lowest BCUT2D eigenvalue weighted by molar-refractivity contribution is -0.908. The van der Waals surface area contributed by atoms with Crippen LogP contribution in [0.4, 0.5) is 11.4 Å². The van der Waals surface area contributed by atoms with E-state index in [4.69, 9.17) is 9.72 Å². The quantitative estimate of drug-likeness (QED) is 0.381. The number of aromatic nitrogens is 2. The fourth-order valence-corrected chi connectivity index (χ4v) is 4.63. The van der Waals surface area contributed by atoms with Crippen LogP contribution in [0.1, 0.15) is 0 Å². The van der Waals surface area contributed by atoms with Crippen LogP contribution in [0.3, 0.4) is 0 Å². The maximum absolute atomic E-state index is 13.2. The maximum atomic E-state index is 13.2. The first kappa shape index (κ1) is 23.3. The lowest BCUT2D eigenvalue weighted by atomic mass is 10.2. The van der Waals surface area contributed by atoms with Crippen LogP contribution in [-0.2, 0) is 16.1 Å². The molecule has 2 heterocycles. The van der Waals surface area contributed by atoms with E-state index in [1.54, 1.807) is 10.6 Å². The van der Waals surface area contributed by atoms with Crippen LogP contribution in [-0.4, -0.2) is 68.2 Å². The molecule has 3 aromatic rings. The van der Waals surface area contributed by atoms with Gasteiger partial charge in [-0.2, -0.15) is 0 Å². The van der Waals surface area contributed by atoms with Crippen molar-refractivity contribution in [1.29, 1.82) is 0 Å². The van der Waals surface area contributed by atoms with E-state index in [1.807, 2.05) is 61.5 Å². The molecule has 0 aliphatic carbocycles. The minimum atomic E-state index is -0.134. The second-order valence-corrected chi connectivity index (χ2v) is 9.20. The number of anilines is 2. The van der Waals surface area contributed by atoms with Gasteiger partial charge >= 0.3 is 0 Å². The third-order valence-corrected chi connectivity index (χ3v) is 6.69. The van der Waals surface area contributed by atoms with E-state index in [0.29, 0.717) is 22.6 Å². The number of morpholine rings is 1. The molecule has 9 heteroatoms. The molecule has 1 aliphatic rings. The number of rotatable bonds is 8. The normalized spacial score (nSPS) is 14.4. The van der Waals surface area contributed by atoms with Gasteiger partial charge in [0.05, 0.1) is 43.0 Å². The number of carbonyl (C=O) groups is 1. The molecule has 1 aromatic heterocycles. The van der Waals surface area contributed by atoms with Gasteiger partial charge in [-0.3, -0.25) is 14.2 Å². The molecule has 2 aromatic carbocycles. The molecular formula is C24H30N5O3S+. The highest BCUT2D eigenvalue weighted by Crippen LogP contribution is 2.19. The number of nitrogens with zero attached hydrogens (tertiary/aromatic N) is 3. The molecule has 1 amide bonds. The number of ether oxygens (including phenoxy) is 1. The van der Waals surface area contributed by atoms with Crippen molar-refractivity contribution in [2.45, 2.75) is 11.7 Å². The van der Waals surface area contributed by atoms with Crippen LogP contribution in [0, 0.1) is 0 Å². The average molecular weight is 469 g/mol. The Morgan fingerprint density at radius 1 is 1.15 bits per heavy atom. The van der Waals surface area contributed by atoms with Crippen molar-refractivity contribution in [2.75, 3.05) is 62.9 Å². The van der Waals surface area contributed by atoms with Gasteiger partial charge in [-0.15, -0.1) is 0 Å². The smallest absolute Gasteiger partial charge is 0.262 e. The molecule has 33 heavy (non-hydrogen) atoms. The third-order valence-electron chi connectivity index (χ3n) is 5.72. The Labute approximate surface area is 197 Å². The lowest BCUT2D eigenvalue weighted by Crippen LogP contribution is -3.14. The van der Waals surface area contributed by atoms with Crippen LogP contribution in [0.2, 0.25) is 0 Å². The molecule has 4 rings (SSSR count). The number of carbonyl (C=O) groups excluding carboxylic acids is 1. The summed E-state index contributed by atoms with van der Waals surface area (Å²) in [5.41, 5.74) is 2.40. The predicted octanol–water partition coefficient (Wildman–Crippen LogP) is 1.11. The van der Waals surface area contributed by atoms with E-state index in [2.05, 4.69) is 5.32 Å². The topological polar surface area (TPSA) is 80.9 Å². The summed E-state index contributed by atoms with van der Waals surface area (Å²) in [6.07, 6.45) is 0. The minimum absolute atomic E-state index is 0.0598. The fraction of sp³-hybridized carbons (Fsp3) is 0.375. The molecule has 0 radical (unpaired) electrons. The summed E-state index contributed by atoms with van der Waals surface area (Å²) >= 11 is 1.30. The Kier molecular flexibility index (Phi) is 7.64. The first-order chi connectivity index (χ1) is 16.0. The van der Waals surface area contributed by atoms with E-state index in [9.17, 15) is 9.59 Å². The molecule has 8 nitrogen and oxygen atoms in total. The molecule has 0 atom stereocenters. The van der Waals surface area contributed by atoms with Crippen molar-refractivity contribution in [3.05, 3.63) is 58.9 Å². The van der Waals surface area contributed by atoms with Crippen molar-refractivity contribution in [1.82, 2.24) is 9.55 Å². The molecule has 1 fully saturated rings. The fourth-order valence-electron chi connectivity index (χ4n) is 3.81. The number of para-hydroxylation sites is 1. The van der Waals surface area contributed by atoms with Gasteiger partial charge in [-0.05, 0) is 36.4 Å². The molecule has 0 bridgehead atoms. The Bertz CT molecular complexity index is 1160. The number of quaternary nitrogens is 1. The van der Waals surface area contributed by atoms with E-state index < -0.39 is 0 Å². The van der Waals surface area contributed by atoms with E-state index in [0.717, 1.165) is 44.2 Å². The van der Waals surface area contributed by atoms with Gasteiger partial charge in [0.15, 0.2) is 5.16 Å². The van der Waals surface area contributed by atoms with Gasteiger partial charge in [-0.1, -0.05) is 23.9 Å². The monoisotopic (exact) mass is 468 g/mol. The summed E-state index contributed by atoms with van der Waals surface area (Å²) in [6.45, 7) is 4.75. The standard InChI is InChI=1S/C24H29N5O3S/c1-27(2)19-9-7-18(8-10-19)25-22(30)17-33-24-26-21-6-4-3-5-20(21)23(31)29(24)12-11-28-13-15-32-16-14-28/h3-10H,11-17H2,1-2H3,(H,25,30)/p+1. The molecular weight excluding hydrogens is 438 g/mol. The minimum Gasteiger partial charge on any atom is -0.378 e. The summed E-state index contributed by atoms with van der Waals surface area (Å²) in [4.78, 5) is 33.9. The Morgan fingerprint density at radius 2 is 1.88 bits per heavy atom. The Hall–Kier alpha value is -2.88. The average Bonchev–Trinajstić information content (AvgIpc) is 2.83. The summed E-state index contributed by atoms with van der Waals surface area (Å²) in [7, 11) is 3.95. The van der Waals surface area contributed by atoms with E-state index in [-0.39, 0.29) is 17.2 Å². The van der Waals surface area contributed by atoms with Gasteiger partial charge in [0.25, 0.3) is 5.56 Å². The van der Waals surface area contributed by atoms with Gasteiger partial charge in [0.1, 0.15) is 13.1 Å². The predicted molar refractivity (Wildman–Crippen MR) is 133 cm³/mol. The number of benzene rings is 2. The second-order valence-electron chi connectivity index (χ2n) is 8.26. The SMILES string of the molecule is CN(C)c1ccc(NC(=O)CSc2nc3ccccc3c(=O)n2CC[NH+]2CCOCC2)cc1. The van der Waals surface area contributed by atoms with Gasteiger partial charge in [-0.25, -0.2) is 4.98 Å². The summed E-state index contributed by atoms with van der Waals surface area (Å²) in [5, 5.41) is 4.10. The van der Waals surface area contributed by atoms with Crippen LogP contribution in [0.5, 0.6) is 0 Å². The number of amides is 1. The zero-order valence-electron chi connectivity index (χ0n) is 19.0. The third kappa shape index (κ3) is 5.93. The van der Waals surface area contributed by atoms with Crippen molar-refractivity contribution in [3.8, 4) is 0 Å². The largest absolute Gasteiger partial charge is 0.378 e. The lowest BCUT2D eigenvalue weighted by Gasteiger charge is -2.24. The second kappa shape index (κ2) is 10.8. The van der Waals surface area contributed by atoms with E-state index in [1.165, 1.54) is 16.7 Å². The summed E-state index contributed by atoms with van der Waals surface area (Å²) in [6, 6.07) is 15.0. The Morgan fingerprint density at radius 3 is 2.61 bits per heavy atom. The maximum Gasteiger partial charge on any atom is 0.262 e. The van der Waals surface area contributed by atoms with Crippen molar-refractivity contribution in [2.24, 2.45) is 0 Å². The molecule has 1 aliphatic heterocycles. The number of hydrogen-bond acceptors (Lipinski definition) is 6. The molecule has 1 saturated heterocycles. The molecule has 0 saturated carbocycles. The van der Waals surface area contributed by atoms with Crippen LogP contribution in [0.15, 0.2) is 58.5 Å². The van der Waals surface area contributed by atoms with Crippen molar-refractivity contribution in [3.63, 3.8) is 0 Å². The molecule has 0 unspecified atom stereocenters. The van der Waals surface area contributed by atoms with Crippen molar-refractivity contribution < 1.29 is 14.4 Å². The van der Waals surface area contributed by atoms with Crippen LogP contribution < -0.4 is 20.7 Å². The molecule has 2 N–H and O–H groups in total. The zero-order valence-corrected chi connectivity index (χ0v) is 19.9. The highest BCUT2D eigenvalue weighted by Gasteiger charge is 2.17. The molecule has 174 valence electrons.